The zero-order valence-corrected chi connectivity index (χ0v) is 27.3. The molecule has 1 aliphatic carbocycles. The van der Waals surface area contributed by atoms with E-state index in [1.807, 2.05) is 17.1 Å². The van der Waals surface area contributed by atoms with Crippen LogP contribution in [-0.2, 0) is 23.7 Å². The van der Waals surface area contributed by atoms with Gasteiger partial charge in [0.15, 0.2) is 5.82 Å². The normalized spacial score (nSPS) is 22.4. The van der Waals surface area contributed by atoms with Crippen LogP contribution in [0.15, 0.2) is 44.2 Å². The van der Waals surface area contributed by atoms with Crippen LogP contribution in [0.5, 0.6) is 0 Å². The van der Waals surface area contributed by atoms with Crippen LogP contribution in [0.1, 0.15) is 24.6 Å². The third-order valence-corrected chi connectivity index (χ3v) is 9.91. The van der Waals surface area contributed by atoms with E-state index in [2.05, 4.69) is 30.3 Å². The lowest BCUT2D eigenvalue weighted by molar-refractivity contribution is -0.0415. The fourth-order valence-corrected chi connectivity index (χ4v) is 6.91. The van der Waals surface area contributed by atoms with Crippen molar-refractivity contribution in [3.63, 3.8) is 0 Å². The lowest BCUT2D eigenvalue weighted by Crippen LogP contribution is -2.33. The van der Waals surface area contributed by atoms with Crippen molar-refractivity contribution in [2.24, 2.45) is 11.0 Å². The van der Waals surface area contributed by atoms with Gasteiger partial charge in [0, 0.05) is 40.5 Å². The molecule has 0 aromatic carbocycles. The number of rotatable bonds is 14. The van der Waals surface area contributed by atoms with Gasteiger partial charge in [-0.05, 0) is 18.9 Å². The van der Waals surface area contributed by atoms with Gasteiger partial charge in [-0.25, -0.2) is 19.4 Å². The fraction of sp³-hybridized carbons (Fsp3) is 0.556. The van der Waals surface area contributed by atoms with Crippen molar-refractivity contribution in [1.29, 1.82) is 0 Å². The van der Waals surface area contributed by atoms with Gasteiger partial charge in [0.2, 0.25) is 0 Å². The fourth-order valence-electron chi connectivity index (χ4n) is 5.26. The molecule has 3 N–H and O–H groups in total. The Hall–Kier alpha value is -4.59. The van der Waals surface area contributed by atoms with Gasteiger partial charge >= 0.3 is 18.0 Å². The number of hydrogen-bond donors (Lipinski definition) is 3. The van der Waals surface area contributed by atoms with Crippen LogP contribution < -0.4 is 27.0 Å². The summed E-state index contributed by atoms with van der Waals surface area (Å²) in [4.78, 5) is 73.7. The number of anilines is 2. The highest BCUT2D eigenvalue weighted by atomic mass is 33.1. The summed E-state index contributed by atoms with van der Waals surface area (Å²) in [5.74, 6) is 1.54. The molecule has 0 amide bonds. The zero-order valence-electron chi connectivity index (χ0n) is 25.6. The second-order valence-electron chi connectivity index (χ2n) is 10.8. The number of carbonyl (C=O) groups excluding carboxylic acids is 2. The number of fused-ring (bicyclic) bond motifs is 1. The van der Waals surface area contributed by atoms with E-state index in [0.29, 0.717) is 41.7 Å². The third-order valence-electron chi connectivity index (χ3n) is 7.58. The maximum absolute atomic E-state index is 12.2. The number of aromatic nitrogens is 4. The molecule has 1 saturated heterocycles. The molecular formula is C27H33N9O10S2. The first-order chi connectivity index (χ1) is 23.2. The van der Waals surface area contributed by atoms with E-state index in [1.165, 1.54) is 45.6 Å². The highest BCUT2D eigenvalue weighted by molar-refractivity contribution is 8.76. The predicted molar refractivity (Wildman–Crippen MR) is 174 cm³/mol. The molecule has 0 spiro atoms. The van der Waals surface area contributed by atoms with E-state index in [-0.39, 0.29) is 50.4 Å². The van der Waals surface area contributed by atoms with Crippen LogP contribution in [0.3, 0.4) is 0 Å². The number of carbonyl (C=O) groups is 2. The molecule has 2 aromatic rings. The maximum atomic E-state index is 12.2. The molecule has 5 rings (SSSR count). The minimum Gasteiger partial charge on any atom is -0.434 e. The van der Waals surface area contributed by atoms with Crippen molar-refractivity contribution in [2.45, 2.75) is 44.2 Å². The molecule has 258 valence electrons. The number of nitrogens with zero attached hydrogens (tertiary/aromatic N) is 6. The van der Waals surface area contributed by atoms with Crippen LogP contribution >= 0.6 is 21.6 Å². The van der Waals surface area contributed by atoms with Gasteiger partial charge in [0.25, 0.3) is 11.1 Å². The summed E-state index contributed by atoms with van der Waals surface area (Å²) < 4.78 is 27.5. The van der Waals surface area contributed by atoms with Crippen LogP contribution in [-0.4, -0.2) is 94.6 Å². The number of H-pyrrole nitrogens is 2. The molecule has 2 aliphatic heterocycles. The molecule has 3 aliphatic rings. The third kappa shape index (κ3) is 8.85. The van der Waals surface area contributed by atoms with Crippen molar-refractivity contribution >= 4 is 45.4 Å². The molecule has 0 unspecified atom stereocenters. The number of aryl methyl sites for hydroxylation is 1. The van der Waals surface area contributed by atoms with Crippen molar-refractivity contribution < 1.29 is 33.3 Å². The van der Waals surface area contributed by atoms with E-state index in [9.17, 15) is 24.0 Å². The molecule has 19 nitrogen and oxygen atoms in total. The quantitative estimate of drug-likeness (QED) is 0.0485. The molecule has 21 heteroatoms. The smallest absolute Gasteiger partial charge is 0.434 e. The molecule has 0 saturated carbocycles. The average molecular weight is 708 g/mol. The zero-order chi connectivity index (χ0) is 34.0. The summed E-state index contributed by atoms with van der Waals surface area (Å²) >= 11 is 0. The Kier molecular flexibility index (Phi) is 11.9. The molecule has 5 atom stereocenters. The molecule has 48 heavy (non-hydrogen) atoms. The lowest BCUT2D eigenvalue weighted by Gasteiger charge is -2.24. The number of ether oxygens (including phenoxy) is 5. The Balaban J connectivity index is 0.894. The summed E-state index contributed by atoms with van der Waals surface area (Å²) in [5, 5.41) is 6.73. The summed E-state index contributed by atoms with van der Waals surface area (Å²) in [7, 11) is 2.83. The van der Waals surface area contributed by atoms with Gasteiger partial charge in [0.05, 0.1) is 25.1 Å². The Bertz CT molecular complexity index is 1730. The standard InChI is InChI=1S/C27H33N9O10S2/c1-15-10-35(25(39)32-23(15)37)20-9-18(33-34-28)19(46-20)12-45-27(41)43-5-7-48-47-6-4-42-26(40)44-11-16-2-3-17(8-16)36-14-31-21-22(36)29-13-30-24(21)38/h2-3,10,13,16-20,31H,4-9,11-12,14H2,1H3,(H,29,30,38)(H,32,37,39)/t16-,17+,18+,19-,20-/m1/s1. The molecule has 2 aromatic heterocycles. The van der Waals surface area contributed by atoms with E-state index >= 15 is 0 Å². The van der Waals surface area contributed by atoms with E-state index in [4.69, 9.17) is 29.2 Å². The van der Waals surface area contributed by atoms with Gasteiger partial charge in [-0.1, -0.05) is 38.9 Å². The Morgan fingerprint density at radius 3 is 2.52 bits per heavy atom. The van der Waals surface area contributed by atoms with Gasteiger partial charge in [-0.15, -0.1) is 0 Å². The minimum absolute atomic E-state index is 0.0119. The molecular weight excluding hydrogens is 674 g/mol. The van der Waals surface area contributed by atoms with Crippen molar-refractivity contribution in [2.75, 3.05) is 54.8 Å². The van der Waals surface area contributed by atoms with Crippen LogP contribution in [0.2, 0.25) is 0 Å². The largest absolute Gasteiger partial charge is 0.508 e. The Morgan fingerprint density at radius 2 is 1.79 bits per heavy atom. The highest BCUT2D eigenvalue weighted by Gasteiger charge is 2.37. The lowest BCUT2D eigenvalue weighted by atomic mass is 10.1. The number of aromatic amines is 2. The van der Waals surface area contributed by atoms with E-state index in [0.717, 1.165) is 0 Å². The van der Waals surface area contributed by atoms with Crippen LogP contribution in [0.25, 0.3) is 10.4 Å². The molecule has 1 fully saturated rings. The first-order valence-corrected chi connectivity index (χ1v) is 17.3. The van der Waals surface area contributed by atoms with Gasteiger partial charge in [-0.2, -0.15) is 0 Å². The Morgan fingerprint density at radius 1 is 1.06 bits per heavy atom. The van der Waals surface area contributed by atoms with Gasteiger partial charge in [0.1, 0.15) is 44.4 Å². The van der Waals surface area contributed by atoms with Crippen LogP contribution in [0, 0.1) is 12.8 Å². The predicted octanol–water partition coefficient (Wildman–Crippen LogP) is 2.42. The number of azide groups is 1. The monoisotopic (exact) mass is 707 g/mol. The summed E-state index contributed by atoms with van der Waals surface area (Å²) in [6.07, 6.45) is 4.22. The van der Waals surface area contributed by atoms with E-state index in [1.54, 1.807) is 0 Å². The second-order valence-corrected chi connectivity index (χ2v) is 13.5. The maximum Gasteiger partial charge on any atom is 0.508 e. The number of hydrogen-bond acceptors (Lipinski definition) is 16. The summed E-state index contributed by atoms with van der Waals surface area (Å²) in [5.41, 5.74) is 8.24. The summed E-state index contributed by atoms with van der Waals surface area (Å²) in [6, 6.07) is -0.691. The van der Waals surface area contributed by atoms with Crippen molar-refractivity contribution in [3.05, 3.63) is 71.9 Å². The SMILES string of the molecule is Cc1cn([C@H]2C[C@H](N=[N+]=[N-])[C@@H](COC(=O)OCCSSCCOC(=O)OC[C@@H]3C=C[C@H](N4CNc5c4nc[nH]c5=O)C3)O2)c(=O)[nH]c1=O. The van der Waals surface area contributed by atoms with Crippen molar-refractivity contribution in [1.82, 2.24) is 19.5 Å². The highest BCUT2D eigenvalue weighted by Crippen LogP contribution is 2.32. The molecule has 4 heterocycles. The molecule has 0 radical (unpaired) electrons. The van der Waals surface area contributed by atoms with Crippen LogP contribution in [0.4, 0.5) is 21.1 Å². The van der Waals surface area contributed by atoms with E-state index < -0.39 is 41.9 Å². The van der Waals surface area contributed by atoms with Gasteiger partial charge < -0.3 is 38.9 Å². The topological polar surface area (TPSA) is 245 Å². The molecule has 0 bridgehead atoms. The summed E-state index contributed by atoms with van der Waals surface area (Å²) in [6.45, 7) is 2.10. The van der Waals surface area contributed by atoms with Gasteiger partial charge in [-0.3, -0.25) is 19.1 Å². The Labute approximate surface area is 279 Å². The first-order valence-electron chi connectivity index (χ1n) is 14.8. The second kappa shape index (κ2) is 16.5. The number of nitrogens with one attached hydrogen (secondary N) is 3. The average Bonchev–Trinajstić information content (AvgIpc) is 3.81. The van der Waals surface area contributed by atoms with Crippen molar-refractivity contribution in [3.8, 4) is 0 Å². The first kappa shape index (κ1) is 34.7. The minimum atomic E-state index is -0.937.